The molecule has 0 spiro atoms. The number of halogens is 3. The van der Waals surface area contributed by atoms with Crippen LogP contribution in [0.2, 0.25) is 0 Å². The van der Waals surface area contributed by atoms with Crippen molar-refractivity contribution in [3.05, 3.63) is 0 Å². The van der Waals surface area contributed by atoms with Crippen LogP contribution in [-0.4, -0.2) is 47.6 Å². The lowest BCUT2D eigenvalue weighted by atomic mass is 10.2. The second kappa shape index (κ2) is 7.04. The first-order chi connectivity index (χ1) is 8.78. The van der Waals surface area contributed by atoms with Crippen molar-refractivity contribution in [1.82, 2.24) is 10.2 Å². The van der Waals surface area contributed by atoms with Crippen LogP contribution in [0.5, 0.6) is 0 Å². The number of alkyl halides is 3. The van der Waals surface area contributed by atoms with Gasteiger partial charge in [-0.3, -0.25) is 9.69 Å². The average molecular weight is 297 g/mol. The molecule has 8 heteroatoms. The van der Waals surface area contributed by atoms with E-state index in [9.17, 15) is 18.0 Å². The molecule has 0 saturated heterocycles. The van der Waals surface area contributed by atoms with Crippen LogP contribution in [-0.2, 0) is 4.79 Å². The predicted octanol–water partition coefficient (Wildman–Crippen LogP) is 1.20. The highest BCUT2D eigenvalue weighted by Gasteiger charge is 2.29. The van der Waals surface area contributed by atoms with Crippen molar-refractivity contribution < 1.29 is 18.0 Å². The van der Waals surface area contributed by atoms with Crippen molar-refractivity contribution in [3.63, 3.8) is 0 Å². The first-order valence-electron chi connectivity index (χ1n) is 6.14. The molecule has 1 aliphatic rings. The quantitative estimate of drug-likeness (QED) is 0.723. The van der Waals surface area contributed by atoms with Crippen LogP contribution in [0.3, 0.4) is 0 Å². The third-order valence-corrected chi connectivity index (χ3v) is 3.16. The van der Waals surface area contributed by atoms with Crippen molar-refractivity contribution in [1.29, 1.82) is 0 Å². The molecule has 0 unspecified atom stereocenters. The van der Waals surface area contributed by atoms with Crippen LogP contribution >= 0.6 is 12.2 Å². The molecular formula is C11H18F3N3OS. The molecule has 0 atom stereocenters. The standard InChI is InChI=1S/C11H18F3N3OS/c12-11(13,14)7-16-10(18)6-17(5-9(15)19)8-3-1-2-4-8/h8H,1-7H2,(H2,15,19)(H,16,18). The van der Waals surface area contributed by atoms with Gasteiger partial charge in [-0.15, -0.1) is 0 Å². The Balaban J connectivity index is 2.46. The zero-order valence-corrected chi connectivity index (χ0v) is 11.3. The van der Waals surface area contributed by atoms with Gasteiger partial charge in [0.1, 0.15) is 6.54 Å². The van der Waals surface area contributed by atoms with Gasteiger partial charge in [0.2, 0.25) is 5.91 Å². The first-order valence-corrected chi connectivity index (χ1v) is 6.54. The van der Waals surface area contributed by atoms with Gasteiger partial charge < -0.3 is 11.1 Å². The summed E-state index contributed by atoms with van der Waals surface area (Å²) in [6.07, 6.45) is -0.424. The van der Waals surface area contributed by atoms with Crippen molar-refractivity contribution in [2.75, 3.05) is 19.6 Å². The first kappa shape index (κ1) is 16.2. The Labute approximate surface area is 115 Å². The monoisotopic (exact) mass is 297 g/mol. The van der Waals surface area contributed by atoms with Crippen molar-refractivity contribution >= 4 is 23.1 Å². The summed E-state index contributed by atoms with van der Waals surface area (Å²) < 4.78 is 36.0. The molecule has 1 aliphatic carbocycles. The lowest BCUT2D eigenvalue weighted by molar-refractivity contribution is -0.139. The number of thiocarbonyl (C=S) groups is 1. The molecule has 0 bridgehead atoms. The molecule has 1 saturated carbocycles. The number of nitrogens with two attached hydrogens (primary N) is 1. The molecule has 4 nitrogen and oxygen atoms in total. The Morgan fingerprint density at radius 1 is 1.32 bits per heavy atom. The minimum Gasteiger partial charge on any atom is -0.392 e. The minimum absolute atomic E-state index is 0.0991. The van der Waals surface area contributed by atoms with Crippen molar-refractivity contribution in [3.8, 4) is 0 Å². The number of amides is 1. The molecule has 0 aromatic rings. The van der Waals surface area contributed by atoms with Crippen molar-refractivity contribution in [2.24, 2.45) is 5.73 Å². The number of carbonyl (C=O) groups is 1. The van der Waals surface area contributed by atoms with E-state index in [0.29, 0.717) is 0 Å². The maximum Gasteiger partial charge on any atom is 0.405 e. The molecule has 0 aliphatic heterocycles. The van der Waals surface area contributed by atoms with Crippen LogP contribution < -0.4 is 11.1 Å². The van der Waals surface area contributed by atoms with Gasteiger partial charge in [0, 0.05) is 12.6 Å². The molecule has 1 amide bonds. The summed E-state index contributed by atoms with van der Waals surface area (Å²) >= 11 is 4.81. The average Bonchev–Trinajstić information content (AvgIpc) is 2.77. The third-order valence-electron chi connectivity index (χ3n) is 3.03. The summed E-state index contributed by atoms with van der Waals surface area (Å²) in [5, 5.41) is 1.86. The van der Waals surface area contributed by atoms with Crippen molar-refractivity contribution in [2.45, 2.75) is 37.9 Å². The number of hydrogen-bond acceptors (Lipinski definition) is 3. The van der Waals surface area contributed by atoms with Gasteiger partial charge in [0.15, 0.2) is 0 Å². The zero-order valence-electron chi connectivity index (χ0n) is 10.5. The Bertz CT molecular complexity index is 330. The number of rotatable bonds is 6. The summed E-state index contributed by atoms with van der Waals surface area (Å²) in [7, 11) is 0. The summed E-state index contributed by atoms with van der Waals surface area (Å²) in [6, 6.07) is 0.179. The topological polar surface area (TPSA) is 58.4 Å². The van der Waals surface area contributed by atoms with Crippen LogP contribution in [0.1, 0.15) is 25.7 Å². The number of carbonyl (C=O) groups excluding carboxylic acids is 1. The van der Waals surface area contributed by atoms with E-state index in [1.807, 2.05) is 5.32 Å². The maximum absolute atomic E-state index is 12.0. The number of hydrogen-bond donors (Lipinski definition) is 2. The maximum atomic E-state index is 12.0. The van der Waals surface area contributed by atoms with Gasteiger partial charge in [-0.25, -0.2) is 0 Å². The fourth-order valence-electron chi connectivity index (χ4n) is 2.22. The van der Waals surface area contributed by atoms with Crippen LogP contribution in [0.15, 0.2) is 0 Å². The Hall–Kier alpha value is -0.890. The molecule has 1 fully saturated rings. The third kappa shape index (κ3) is 6.72. The molecule has 19 heavy (non-hydrogen) atoms. The lowest BCUT2D eigenvalue weighted by Gasteiger charge is -2.27. The second-order valence-electron chi connectivity index (χ2n) is 4.70. The molecular weight excluding hydrogens is 279 g/mol. The van der Waals surface area contributed by atoms with Crippen LogP contribution in [0.25, 0.3) is 0 Å². The van der Waals surface area contributed by atoms with E-state index in [2.05, 4.69) is 0 Å². The Morgan fingerprint density at radius 2 is 1.89 bits per heavy atom. The Morgan fingerprint density at radius 3 is 2.37 bits per heavy atom. The molecule has 0 aromatic carbocycles. The van der Waals surface area contributed by atoms with E-state index >= 15 is 0 Å². The SMILES string of the molecule is NC(=S)CN(CC(=O)NCC(F)(F)F)C1CCCC1. The summed E-state index contributed by atoms with van der Waals surface area (Å²) in [4.78, 5) is 13.5. The largest absolute Gasteiger partial charge is 0.405 e. The van der Waals surface area contributed by atoms with E-state index in [-0.39, 0.29) is 24.1 Å². The Kier molecular flexibility index (Phi) is 5.99. The molecule has 0 aromatic heterocycles. The van der Waals surface area contributed by atoms with E-state index in [4.69, 9.17) is 18.0 Å². The molecule has 1 rings (SSSR count). The number of nitrogens with one attached hydrogen (secondary N) is 1. The van der Waals surface area contributed by atoms with Gasteiger partial charge in [-0.2, -0.15) is 13.2 Å². The molecule has 0 radical (unpaired) electrons. The fraction of sp³-hybridized carbons (Fsp3) is 0.818. The highest BCUT2D eigenvalue weighted by atomic mass is 32.1. The van der Waals surface area contributed by atoms with Gasteiger partial charge in [-0.05, 0) is 12.8 Å². The summed E-state index contributed by atoms with van der Waals surface area (Å²) in [5.74, 6) is -0.652. The van der Waals surface area contributed by atoms with Crippen LogP contribution in [0.4, 0.5) is 13.2 Å². The zero-order chi connectivity index (χ0) is 14.5. The van der Waals surface area contributed by atoms with Gasteiger partial charge in [-0.1, -0.05) is 25.1 Å². The smallest absolute Gasteiger partial charge is 0.392 e. The fourth-order valence-corrected chi connectivity index (χ4v) is 2.39. The van der Waals surface area contributed by atoms with Crippen LogP contribution in [0, 0.1) is 0 Å². The van der Waals surface area contributed by atoms with Gasteiger partial charge in [0.25, 0.3) is 0 Å². The normalized spacial score (nSPS) is 16.8. The number of nitrogens with zero attached hydrogens (tertiary/aromatic N) is 1. The summed E-state index contributed by atoms with van der Waals surface area (Å²) in [6.45, 7) is -1.14. The van der Waals surface area contributed by atoms with E-state index < -0.39 is 18.6 Å². The predicted molar refractivity (Wildman–Crippen MR) is 69.7 cm³/mol. The second-order valence-corrected chi connectivity index (χ2v) is 5.23. The highest BCUT2D eigenvalue weighted by Crippen LogP contribution is 2.23. The van der Waals surface area contributed by atoms with E-state index in [1.165, 1.54) is 0 Å². The molecule has 110 valence electrons. The molecule has 3 N–H and O–H groups in total. The minimum atomic E-state index is -4.39. The lowest BCUT2D eigenvalue weighted by Crippen LogP contribution is -2.46. The van der Waals surface area contributed by atoms with Gasteiger partial charge in [0.05, 0.1) is 11.5 Å². The highest BCUT2D eigenvalue weighted by molar-refractivity contribution is 7.80. The summed E-state index contributed by atoms with van der Waals surface area (Å²) in [5.41, 5.74) is 5.46. The van der Waals surface area contributed by atoms with Gasteiger partial charge >= 0.3 is 6.18 Å². The van der Waals surface area contributed by atoms with E-state index in [1.54, 1.807) is 4.90 Å². The van der Waals surface area contributed by atoms with E-state index in [0.717, 1.165) is 25.7 Å². The molecule has 0 heterocycles.